The molecule has 0 spiro atoms. The third-order valence-corrected chi connectivity index (χ3v) is 5.68. The van der Waals surface area contributed by atoms with Crippen molar-refractivity contribution >= 4 is 23.2 Å². The first-order chi connectivity index (χ1) is 13.1. The first-order valence-corrected chi connectivity index (χ1v) is 9.26. The lowest BCUT2D eigenvalue weighted by Crippen LogP contribution is -2.41. The average molecular weight is 359 g/mol. The molecule has 1 saturated carbocycles. The van der Waals surface area contributed by atoms with Crippen LogP contribution in [0.3, 0.4) is 0 Å². The first-order valence-electron chi connectivity index (χ1n) is 9.26. The van der Waals surface area contributed by atoms with E-state index < -0.39 is 11.3 Å². The first kappa shape index (κ1) is 17.3. The van der Waals surface area contributed by atoms with Gasteiger partial charge in [0.15, 0.2) is 0 Å². The molecule has 136 valence electrons. The molecule has 1 heterocycles. The summed E-state index contributed by atoms with van der Waals surface area (Å²) in [5, 5.41) is 12.8. The van der Waals surface area contributed by atoms with Crippen LogP contribution in [-0.4, -0.2) is 11.8 Å². The number of carbonyl (C=O) groups excluding carboxylic acids is 2. The van der Waals surface area contributed by atoms with Crippen LogP contribution in [0.25, 0.3) is 0 Å². The number of hydrazine groups is 1. The molecule has 0 unspecified atom stereocenters. The van der Waals surface area contributed by atoms with Gasteiger partial charge in [-0.05, 0) is 49.4 Å². The quantitative estimate of drug-likeness (QED) is 0.780. The van der Waals surface area contributed by atoms with Crippen molar-refractivity contribution in [2.45, 2.75) is 26.2 Å². The van der Waals surface area contributed by atoms with E-state index in [1.807, 2.05) is 36.4 Å². The third-order valence-electron chi connectivity index (χ3n) is 5.68. The minimum Gasteiger partial charge on any atom is -0.272 e. The van der Waals surface area contributed by atoms with E-state index in [1.54, 1.807) is 24.3 Å². The molecule has 1 aliphatic heterocycles. The minimum absolute atomic E-state index is 0.314. The van der Waals surface area contributed by atoms with E-state index in [1.165, 1.54) is 10.0 Å². The zero-order chi connectivity index (χ0) is 19.0. The lowest BCUT2D eigenvalue weighted by atomic mass is 9.74. The van der Waals surface area contributed by atoms with Crippen molar-refractivity contribution in [1.29, 1.82) is 5.26 Å². The summed E-state index contributed by atoms with van der Waals surface area (Å²) in [5.41, 5.74) is 0.326. The van der Waals surface area contributed by atoms with Crippen LogP contribution in [0.15, 0.2) is 60.7 Å². The van der Waals surface area contributed by atoms with Gasteiger partial charge in [-0.15, -0.1) is 0 Å². The summed E-state index contributed by atoms with van der Waals surface area (Å²) in [7, 11) is 0. The Hall–Kier alpha value is -3.13. The number of para-hydroxylation sites is 2. The van der Waals surface area contributed by atoms with Gasteiger partial charge in [-0.3, -0.25) is 9.59 Å². The second-order valence-corrected chi connectivity index (χ2v) is 7.52. The Morgan fingerprint density at radius 2 is 1.41 bits per heavy atom. The number of rotatable bonds is 3. The van der Waals surface area contributed by atoms with Gasteiger partial charge in [0.25, 0.3) is 11.8 Å². The molecule has 5 nitrogen and oxygen atoms in total. The molecule has 0 bridgehead atoms. The SMILES string of the molecule is C[C@H]1CC[C@@](C#N)(C2C(=O)N(c3ccccc3)N(c3ccccc3)C2=O)C1. The fourth-order valence-electron chi connectivity index (χ4n) is 4.40. The minimum atomic E-state index is -0.965. The van der Waals surface area contributed by atoms with Gasteiger partial charge in [0.05, 0.1) is 22.9 Å². The van der Waals surface area contributed by atoms with Crippen molar-refractivity contribution in [2.75, 3.05) is 10.0 Å². The molecule has 1 aliphatic carbocycles. The van der Waals surface area contributed by atoms with E-state index in [0.717, 1.165) is 6.42 Å². The molecule has 2 aliphatic rings. The van der Waals surface area contributed by atoms with Crippen LogP contribution in [0.2, 0.25) is 0 Å². The highest BCUT2D eigenvalue weighted by molar-refractivity contribution is 6.23. The monoisotopic (exact) mass is 359 g/mol. The van der Waals surface area contributed by atoms with Gasteiger partial charge in [-0.1, -0.05) is 43.3 Å². The average Bonchev–Trinajstić information content (AvgIpc) is 3.20. The molecular formula is C22H21N3O2. The van der Waals surface area contributed by atoms with Crippen LogP contribution in [0, 0.1) is 28.6 Å². The Kier molecular flexibility index (Phi) is 4.19. The van der Waals surface area contributed by atoms with E-state index >= 15 is 0 Å². The van der Waals surface area contributed by atoms with Gasteiger partial charge in [0.2, 0.25) is 0 Å². The molecule has 4 rings (SSSR count). The largest absolute Gasteiger partial charge is 0.272 e. The Morgan fingerprint density at radius 3 is 1.78 bits per heavy atom. The van der Waals surface area contributed by atoms with Gasteiger partial charge < -0.3 is 0 Å². The molecule has 27 heavy (non-hydrogen) atoms. The second kappa shape index (κ2) is 6.55. The van der Waals surface area contributed by atoms with Crippen LogP contribution in [-0.2, 0) is 9.59 Å². The summed E-state index contributed by atoms with van der Waals surface area (Å²) < 4.78 is 0. The Labute approximate surface area is 158 Å². The number of hydrogen-bond donors (Lipinski definition) is 0. The molecule has 0 N–H and O–H groups in total. The summed E-state index contributed by atoms with van der Waals surface area (Å²) in [5.74, 6) is -1.26. The van der Waals surface area contributed by atoms with E-state index in [0.29, 0.717) is 30.1 Å². The summed E-state index contributed by atoms with van der Waals surface area (Å²) in [6.07, 6.45) is 2.02. The highest BCUT2D eigenvalue weighted by Gasteiger charge is 2.59. The van der Waals surface area contributed by atoms with Crippen molar-refractivity contribution < 1.29 is 9.59 Å². The van der Waals surface area contributed by atoms with E-state index in [4.69, 9.17) is 0 Å². The number of nitriles is 1. The van der Waals surface area contributed by atoms with Crippen LogP contribution in [0.4, 0.5) is 11.4 Å². The van der Waals surface area contributed by atoms with Crippen LogP contribution in [0.5, 0.6) is 0 Å². The van der Waals surface area contributed by atoms with E-state index in [-0.39, 0.29) is 11.8 Å². The van der Waals surface area contributed by atoms with Crippen LogP contribution < -0.4 is 10.0 Å². The standard InChI is InChI=1S/C22H21N3O2/c1-16-12-13-22(14-16,15-23)19-20(26)24(17-8-4-2-5-9-17)25(21(19)27)18-10-6-3-7-11-18/h2-11,16,19H,12-14H2,1H3/t16-,22+/m0/s1. The summed E-state index contributed by atoms with van der Waals surface area (Å²) in [6, 6.07) is 20.7. The van der Waals surface area contributed by atoms with Crippen molar-refractivity contribution in [3.05, 3.63) is 60.7 Å². The molecule has 2 aromatic rings. The summed E-state index contributed by atoms with van der Waals surface area (Å²) >= 11 is 0. The van der Waals surface area contributed by atoms with Crippen molar-refractivity contribution in [3.8, 4) is 6.07 Å². The van der Waals surface area contributed by atoms with Gasteiger partial charge in [-0.25, -0.2) is 10.0 Å². The van der Waals surface area contributed by atoms with Crippen molar-refractivity contribution in [1.82, 2.24) is 0 Å². The fourth-order valence-corrected chi connectivity index (χ4v) is 4.40. The maximum Gasteiger partial charge on any atom is 0.260 e. The molecule has 0 radical (unpaired) electrons. The maximum atomic E-state index is 13.5. The molecule has 2 aromatic carbocycles. The number of anilines is 2. The number of carbonyl (C=O) groups is 2. The maximum absolute atomic E-state index is 13.5. The number of nitrogens with zero attached hydrogens (tertiary/aromatic N) is 3. The highest BCUT2D eigenvalue weighted by Crippen LogP contribution is 2.50. The number of amides is 2. The van der Waals surface area contributed by atoms with Gasteiger partial charge in [0, 0.05) is 0 Å². The van der Waals surface area contributed by atoms with E-state index in [9.17, 15) is 14.9 Å². The zero-order valence-electron chi connectivity index (χ0n) is 15.2. The van der Waals surface area contributed by atoms with E-state index in [2.05, 4.69) is 13.0 Å². The molecule has 2 fully saturated rings. The summed E-state index contributed by atoms with van der Waals surface area (Å²) in [6.45, 7) is 2.08. The molecule has 1 saturated heterocycles. The predicted molar refractivity (Wildman–Crippen MR) is 102 cm³/mol. The van der Waals surface area contributed by atoms with Crippen LogP contribution in [0.1, 0.15) is 26.2 Å². The third kappa shape index (κ3) is 2.69. The van der Waals surface area contributed by atoms with Crippen molar-refractivity contribution in [3.63, 3.8) is 0 Å². The normalized spacial score (nSPS) is 25.9. The predicted octanol–water partition coefficient (Wildman–Crippen LogP) is 3.93. The van der Waals surface area contributed by atoms with Gasteiger partial charge in [-0.2, -0.15) is 5.26 Å². The smallest absolute Gasteiger partial charge is 0.260 e. The lowest BCUT2D eigenvalue weighted by Gasteiger charge is -2.27. The molecule has 5 heteroatoms. The molecular weight excluding hydrogens is 338 g/mol. The Bertz CT molecular complexity index is 849. The lowest BCUT2D eigenvalue weighted by molar-refractivity contribution is -0.130. The fraction of sp³-hybridized carbons (Fsp3) is 0.318. The molecule has 2 amide bonds. The highest BCUT2D eigenvalue weighted by atomic mass is 16.2. The topological polar surface area (TPSA) is 64.4 Å². The molecule has 0 aromatic heterocycles. The Morgan fingerprint density at radius 1 is 0.926 bits per heavy atom. The van der Waals surface area contributed by atoms with Gasteiger partial charge >= 0.3 is 0 Å². The number of benzene rings is 2. The molecule has 2 atom stereocenters. The van der Waals surface area contributed by atoms with Crippen LogP contribution >= 0.6 is 0 Å². The number of hydrogen-bond acceptors (Lipinski definition) is 3. The second-order valence-electron chi connectivity index (χ2n) is 7.52. The Balaban J connectivity index is 1.84. The zero-order valence-corrected chi connectivity index (χ0v) is 15.2. The van der Waals surface area contributed by atoms with Crippen molar-refractivity contribution in [2.24, 2.45) is 17.3 Å². The summed E-state index contributed by atoms with van der Waals surface area (Å²) in [4.78, 5) is 26.9. The van der Waals surface area contributed by atoms with Gasteiger partial charge in [0.1, 0.15) is 5.92 Å².